The number of hydrogen-bond donors (Lipinski definition) is 1. The molecule has 0 aromatic carbocycles. The molecule has 1 aliphatic heterocycles. The zero-order valence-electron chi connectivity index (χ0n) is 10.7. The summed E-state index contributed by atoms with van der Waals surface area (Å²) in [5.74, 6) is 6.49. The van der Waals surface area contributed by atoms with Gasteiger partial charge < -0.3 is 5.32 Å². The van der Waals surface area contributed by atoms with E-state index < -0.39 is 0 Å². The average Bonchev–Trinajstić information content (AvgIpc) is 2.71. The van der Waals surface area contributed by atoms with Gasteiger partial charge in [-0.1, -0.05) is 18.8 Å². The molecule has 0 atom stereocenters. The average molecular weight is 232 g/mol. The minimum absolute atomic E-state index is 0.861. The summed E-state index contributed by atoms with van der Waals surface area (Å²) < 4.78 is 1.84. The Morgan fingerprint density at radius 3 is 2.88 bits per heavy atom. The molecule has 1 aromatic rings. The molecule has 0 bridgehead atoms. The lowest BCUT2D eigenvalue weighted by Crippen LogP contribution is -2.43. The van der Waals surface area contributed by atoms with Crippen LogP contribution >= 0.6 is 0 Å². The number of aromatic nitrogens is 2. The van der Waals surface area contributed by atoms with Crippen LogP contribution in [-0.2, 0) is 13.5 Å². The van der Waals surface area contributed by atoms with E-state index in [1.807, 2.05) is 17.9 Å². The Labute approximate surface area is 103 Å². The van der Waals surface area contributed by atoms with Gasteiger partial charge in [-0.15, -0.1) is 0 Å². The van der Waals surface area contributed by atoms with E-state index in [2.05, 4.69) is 34.1 Å². The maximum Gasteiger partial charge on any atom is 0.0778 e. The van der Waals surface area contributed by atoms with Crippen LogP contribution in [0.15, 0.2) is 6.20 Å². The van der Waals surface area contributed by atoms with Gasteiger partial charge in [0.2, 0.25) is 0 Å². The Kier molecular flexibility index (Phi) is 4.18. The molecule has 1 N–H and O–H groups in total. The summed E-state index contributed by atoms with van der Waals surface area (Å²) in [4.78, 5) is 2.38. The number of aryl methyl sites for hydroxylation is 2. The zero-order valence-corrected chi connectivity index (χ0v) is 10.7. The lowest BCUT2D eigenvalue weighted by molar-refractivity contribution is 0.268. The Balaban J connectivity index is 1.95. The van der Waals surface area contributed by atoms with Crippen LogP contribution in [0.5, 0.6) is 0 Å². The third-order valence-electron chi connectivity index (χ3n) is 2.98. The van der Waals surface area contributed by atoms with Crippen LogP contribution in [0, 0.1) is 11.8 Å². The fourth-order valence-electron chi connectivity index (χ4n) is 2.02. The van der Waals surface area contributed by atoms with Crippen molar-refractivity contribution >= 4 is 0 Å². The summed E-state index contributed by atoms with van der Waals surface area (Å²) in [5, 5.41) is 7.73. The molecule has 92 valence electrons. The first-order valence-corrected chi connectivity index (χ1v) is 6.24. The van der Waals surface area contributed by atoms with E-state index in [-0.39, 0.29) is 0 Å². The molecule has 0 radical (unpaired) electrons. The zero-order chi connectivity index (χ0) is 12.1. The molecule has 4 heteroatoms. The molecule has 17 heavy (non-hydrogen) atoms. The van der Waals surface area contributed by atoms with Gasteiger partial charge in [0.25, 0.3) is 0 Å². The molecular formula is C13H20N4. The normalized spacial score (nSPS) is 16.6. The highest BCUT2D eigenvalue weighted by Gasteiger charge is 2.07. The van der Waals surface area contributed by atoms with E-state index in [0.717, 1.165) is 50.4 Å². The minimum Gasteiger partial charge on any atom is -0.314 e. The predicted octanol–water partition coefficient (Wildman–Crippen LogP) is 0.239. The summed E-state index contributed by atoms with van der Waals surface area (Å²) in [5.41, 5.74) is 2.17. The second-order valence-electron chi connectivity index (χ2n) is 4.34. The summed E-state index contributed by atoms with van der Waals surface area (Å²) in [7, 11) is 1.95. The van der Waals surface area contributed by atoms with Crippen LogP contribution in [0.1, 0.15) is 18.2 Å². The minimum atomic E-state index is 0.861. The van der Waals surface area contributed by atoms with Gasteiger partial charge >= 0.3 is 0 Å². The van der Waals surface area contributed by atoms with Crippen LogP contribution in [0.4, 0.5) is 0 Å². The fraction of sp³-hybridized carbons (Fsp3) is 0.615. The molecule has 4 nitrogen and oxygen atoms in total. The van der Waals surface area contributed by atoms with E-state index >= 15 is 0 Å². The molecule has 0 spiro atoms. The monoisotopic (exact) mass is 232 g/mol. The van der Waals surface area contributed by atoms with Crippen molar-refractivity contribution in [3.05, 3.63) is 17.5 Å². The van der Waals surface area contributed by atoms with Crippen molar-refractivity contribution in [3.63, 3.8) is 0 Å². The van der Waals surface area contributed by atoms with Crippen molar-refractivity contribution in [2.45, 2.75) is 13.3 Å². The number of nitrogens with zero attached hydrogens (tertiary/aromatic N) is 3. The fourth-order valence-corrected chi connectivity index (χ4v) is 2.02. The van der Waals surface area contributed by atoms with Crippen LogP contribution in [0.3, 0.4) is 0 Å². The molecule has 1 saturated heterocycles. The van der Waals surface area contributed by atoms with E-state index in [4.69, 9.17) is 0 Å². The third-order valence-corrected chi connectivity index (χ3v) is 2.98. The maximum atomic E-state index is 4.39. The molecule has 2 heterocycles. The Morgan fingerprint density at radius 1 is 1.41 bits per heavy atom. The molecule has 1 aliphatic rings. The smallest absolute Gasteiger partial charge is 0.0778 e. The summed E-state index contributed by atoms with van der Waals surface area (Å²) in [6.45, 7) is 7.33. The highest BCUT2D eigenvalue weighted by molar-refractivity contribution is 5.36. The molecule has 0 aliphatic carbocycles. The van der Waals surface area contributed by atoms with Crippen molar-refractivity contribution in [3.8, 4) is 11.8 Å². The van der Waals surface area contributed by atoms with Gasteiger partial charge in [-0.25, -0.2) is 0 Å². The quantitative estimate of drug-likeness (QED) is 0.742. The lowest BCUT2D eigenvalue weighted by atomic mass is 10.2. The number of rotatable bonds is 2. The van der Waals surface area contributed by atoms with Crippen molar-refractivity contribution in [2.75, 3.05) is 32.7 Å². The topological polar surface area (TPSA) is 33.1 Å². The standard InChI is InChI=1S/C13H20N4/c1-3-13-12(11-16(2)15-13)5-4-8-17-9-6-14-7-10-17/h11,14H,3,6-10H2,1-2H3. The van der Waals surface area contributed by atoms with Crippen LogP contribution in [0.2, 0.25) is 0 Å². The van der Waals surface area contributed by atoms with Crippen molar-refractivity contribution in [2.24, 2.45) is 7.05 Å². The molecule has 0 unspecified atom stereocenters. The van der Waals surface area contributed by atoms with Gasteiger partial charge in [0, 0.05) is 39.4 Å². The first-order chi connectivity index (χ1) is 8.29. The number of nitrogens with one attached hydrogen (secondary N) is 1. The van der Waals surface area contributed by atoms with Gasteiger partial charge in [-0.05, 0) is 6.42 Å². The summed E-state index contributed by atoms with van der Waals surface area (Å²) in [6, 6.07) is 0. The van der Waals surface area contributed by atoms with Gasteiger partial charge in [-0.3, -0.25) is 9.58 Å². The van der Waals surface area contributed by atoms with E-state index in [1.165, 1.54) is 0 Å². The molecule has 0 amide bonds. The van der Waals surface area contributed by atoms with E-state index in [9.17, 15) is 0 Å². The van der Waals surface area contributed by atoms with E-state index in [1.54, 1.807) is 0 Å². The Bertz CT molecular complexity index is 418. The van der Waals surface area contributed by atoms with Crippen LogP contribution in [0.25, 0.3) is 0 Å². The second kappa shape index (κ2) is 5.85. The number of piperazine rings is 1. The summed E-state index contributed by atoms with van der Waals surface area (Å²) >= 11 is 0. The lowest BCUT2D eigenvalue weighted by Gasteiger charge is -2.24. The highest BCUT2D eigenvalue weighted by Crippen LogP contribution is 2.04. The third kappa shape index (κ3) is 3.32. The first kappa shape index (κ1) is 12.2. The molecular weight excluding hydrogens is 212 g/mol. The van der Waals surface area contributed by atoms with Gasteiger partial charge in [0.05, 0.1) is 17.8 Å². The van der Waals surface area contributed by atoms with E-state index in [0.29, 0.717) is 0 Å². The molecule has 1 aromatic heterocycles. The molecule has 1 fully saturated rings. The van der Waals surface area contributed by atoms with Gasteiger partial charge in [0.15, 0.2) is 0 Å². The van der Waals surface area contributed by atoms with Crippen molar-refractivity contribution in [1.29, 1.82) is 0 Å². The van der Waals surface area contributed by atoms with Crippen molar-refractivity contribution in [1.82, 2.24) is 20.0 Å². The Morgan fingerprint density at radius 2 is 2.18 bits per heavy atom. The van der Waals surface area contributed by atoms with Gasteiger partial charge in [0.1, 0.15) is 0 Å². The predicted molar refractivity (Wildman–Crippen MR) is 68.8 cm³/mol. The van der Waals surface area contributed by atoms with Crippen LogP contribution < -0.4 is 5.32 Å². The highest BCUT2D eigenvalue weighted by atomic mass is 15.2. The maximum absolute atomic E-state index is 4.39. The van der Waals surface area contributed by atoms with Crippen molar-refractivity contribution < 1.29 is 0 Å². The molecule has 2 rings (SSSR count). The first-order valence-electron chi connectivity index (χ1n) is 6.24. The Hall–Kier alpha value is -1.31. The SMILES string of the molecule is CCc1nn(C)cc1C#CCN1CCNCC1. The molecule has 0 saturated carbocycles. The number of hydrogen-bond acceptors (Lipinski definition) is 3. The van der Waals surface area contributed by atoms with Gasteiger partial charge in [-0.2, -0.15) is 5.10 Å². The largest absolute Gasteiger partial charge is 0.314 e. The second-order valence-corrected chi connectivity index (χ2v) is 4.34. The van der Waals surface area contributed by atoms with Crippen LogP contribution in [-0.4, -0.2) is 47.4 Å². The summed E-state index contributed by atoms with van der Waals surface area (Å²) in [6.07, 6.45) is 2.95.